The molecule has 0 saturated carbocycles. The Balaban J connectivity index is 2.06. The molecule has 110 valence electrons. The van der Waals surface area contributed by atoms with Crippen LogP contribution in [-0.4, -0.2) is 15.1 Å². The van der Waals surface area contributed by atoms with Crippen molar-refractivity contribution in [2.45, 2.75) is 0 Å². The first-order valence-corrected chi connectivity index (χ1v) is 7.25. The van der Waals surface area contributed by atoms with Gasteiger partial charge in [-0.25, -0.2) is 0 Å². The third-order valence-corrected chi connectivity index (χ3v) is 3.62. The van der Waals surface area contributed by atoms with Crippen molar-refractivity contribution in [3.05, 3.63) is 62.1 Å². The lowest BCUT2D eigenvalue weighted by Gasteiger charge is -1.98. The lowest BCUT2D eigenvalue weighted by Crippen LogP contribution is -1.92. The summed E-state index contributed by atoms with van der Waals surface area (Å²) >= 11 is 9.15. The fourth-order valence-corrected chi connectivity index (χ4v) is 2.48. The zero-order valence-electron chi connectivity index (χ0n) is 10.9. The summed E-state index contributed by atoms with van der Waals surface area (Å²) in [5, 5.41) is 15.2. The van der Waals surface area contributed by atoms with Crippen molar-refractivity contribution in [2.75, 3.05) is 0 Å². The van der Waals surface area contributed by atoms with Gasteiger partial charge in [-0.1, -0.05) is 44.8 Å². The van der Waals surface area contributed by atoms with E-state index in [1.54, 1.807) is 0 Å². The average Bonchev–Trinajstić information content (AvgIpc) is 2.97. The van der Waals surface area contributed by atoms with E-state index in [0.717, 1.165) is 10.0 Å². The van der Waals surface area contributed by atoms with Gasteiger partial charge in [0.1, 0.15) is 5.56 Å². The maximum Gasteiger partial charge on any atom is 0.283 e. The molecule has 3 aromatic rings. The van der Waals surface area contributed by atoms with Crippen LogP contribution in [0, 0.1) is 10.1 Å². The fraction of sp³-hybridized carbons (Fsp3) is 0. The van der Waals surface area contributed by atoms with E-state index in [9.17, 15) is 10.1 Å². The maximum atomic E-state index is 11.1. The van der Waals surface area contributed by atoms with Crippen LogP contribution in [0.15, 0.2) is 51.5 Å². The van der Waals surface area contributed by atoms with E-state index >= 15 is 0 Å². The van der Waals surface area contributed by atoms with E-state index < -0.39 is 4.92 Å². The molecule has 2 aromatic carbocycles. The van der Waals surface area contributed by atoms with Gasteiger partial charge in [0.15, 0.2) is 0 Å². The van der Waals surface area contributed by atoms with E-state index in [4.69, 9.17) is 16.1 Å². The molecule has 1 heterocycles. The van der Waals surface area contributed by atoms with Crippen molar-refractivity contribution < 1.29 is 9.45 Å². The second kappa shape index (κ2) is 5.86. The highest BCUT2D eigenvalue weighted by molar-refractivity contribution is 9.10. The number of nitrogens with zero attached hydrogens (tertiary/aromatic N) is 3. The molecule has 8 heteroatoms. The minimum absolute atomic E-state index is 0.0679. The third kappa shape index (κ3) is 2.86. The topological polar surface area (TPSA) is 82.1 Å². The lowest BCUT2D eigenvalue weighted by atomic mass is 10.2. The highest BCUT2D eigenvalue weighted by atomic mass is 79.9. The number of nitro benzene ring substituents is 1. The number of nitro groups is 1. The van der Waals surface area contributed by atoms with Gasteiger partial charge < -0.3 is 4.52 Å². The summed E-state index contributed by atoms with van der Waals surface area (Å²) in [5.41, 5.74) is 0.779. The van der Waals surface area contributed by atoms with Gasteiger partial charge in [-0.3, -0.25) is 10.1 Å². The zero-order valence-corrected chi connectivity index (χ0v) is 13.2. The molecule has 0 N–H and O–H groups in total. The van der Waals surface area contributed by atoms with E-state index in [0.29, 0.717) is 5.82 Å². The van der Waals surface area contributed by atoms with Crippen molar-refractivity contribution >= 4 is 33.2 Å². The van der Waals surface area contributed by atoms with Crippen LogP contribution in [0.1, 0.15) is 0 Å². The smallest absolute Gasteiger partial charge is 0.283 e. The van der Waals surface area contributed by atoms with Gasteiger partial charge in [-0.05, 0) is 24.3 Å². The Morgan fingerprint density at radius 2 is 2.05 bits per heavy atom. The van der Waals surface area contributed by atoms with Gasteiger partial charge in [-0.15, -0.1) is 0 Å². The normalized spacial score (nSPS) is 10.6. The predicted molar refractivity (Wildman–Crippen MR) is 84.5 cm³/mol. The van der Waals surface area contributed by atoms with E-state index in [-0.39, 0.29) is 22.2 Å². The van der Waals surface area contributed by atoms with Crippen molar-refractivity contribution in [3.63, 3.8) is 0 Å². The highest BCUT2D eigenvalue weighted by Crippen LogP contribution is 2.32. The van der Waals surface area contributed by atoms with E-state index in [2.05, 4.69) is 26.1 Å². The van der Waals surface area contributed by atoms with Gasteiger partial charge in [0.05, 0.1) is 4.92 Å². The summed E-state index contributed by atoms with van der Waals surface area (Å²) in [6, 6.07) is 11.6. The Bertz CT molecular complexity index is 866. The Hall–Kier alpha value is -2.25. The molecule has 0 saturated heterocycles. The molecule has 0 bridgehead atoms. The monoisotopic (exact) mass is 379 g/mol. The zero-order chi connectivity index (χ0) is 15.7. The van der Waals surface area contributed by atoms with Crippen LogP contribution in [0.4, 0.5) is 5.69 Å². The lowest BCUT2D eigenvalue weighted by molar-refractivity contribution is -0.384. The molecular weight excluding hydrogens is 374 g/mol. The second-order valence-electron chi connectivity index (χ2n) is 4.35. The van der Waals surface area contributed by atoms with Crippen LogP contribution < -0.4 is 0 Å². The molecule has 0 aliphatic rings. The minimum atomic E-state index is -0.538. The highest BCUT2D eigenvalue weighted by Gasteiger charge is 2.21. The van der Waals surface area contributed by atoms with Crippen molar-refractivity contribution in [3.8, 4) is 22.8 Å². The molecule has 0 spiro atoms. The number of benzene rings is 2. The van der Waals surface area contributed by atoms with Gasteiger partial charge in [0.25, 0.3) is 11.6 Å². The molecule has 0 amide bonds. The molecular formula is C14H7BrClN3O3. The Labute approximate surface area is 138 Å². The number of aromatic nitrogens is 2. The number of hydrogen-bond donors (Lipinski definition) is 0. The molecule has 0 atom stereocenters. The molecule has 0 fully saturated rings. The van der Waals surface area contributed by atoms with Gasteiger partial charge >= 0.3 is 0 Å². The third-order valence-electron chi connectivity index (χ3n) is 2.90. The van der Waals surface area contributed by atoms with E-state index in [1.165, 1.54) is 18.2 Å². The maximum absolute atomic E-state index is 11.1. The van der Waals surface area contributed by atoms with Crippen LogP contribution >= 0.6 is 27.5 Å². The first-order chi connectivity index (χ1) is 10.5. The molecule has 0 unspecified atom stereocenters. The Morgan fingerprint density at radius 1 is 1.23 bits per heavy atom. The van der Waals surface area contributed by atoms with Crippen molar-refractivity contribution in [1.82, 2.24) is 10.1 Å². The average molecular weight is 381 g/mol. The van der Waals surface area contributed by atoms with Crippen molar-refractivity contribution in [2.24, 2.45) is 0 Å². The first-order valence-electron chi connectivity index (χ1n) is 6.08. The minimum Gasteiger partial charge on any atom is -0.333 e. The molecule has 3 rings (SSSR count). The molecule has 0 aliphatic heterocycles. The predicted octanol–water partition coefficient (Wildman–Crippen LogP) is 4.73. The summed E-state index contributed by atoms with van der Waals surface area (Å²) in [4.78, 5) is 14.8. The van der Waals surface area contributed by atoms with Crippen molar-refractivity contribution in [1.29, 1.82) is 0 Å². The van der Waals surface area contributed by atoms with Gasteiger partial charge in [0, 0.05) is 21.1 Å². The molecule has 0 aliphatic carbocycles. The van der Waals surface area contributed by atoms with Gasteiger partial charge in [0.2, 0.25) is 5.82 Å². The summed E-state index contributed by atoms with van der Waals surface area (Å²) in [7, 11) is 0. The molecule has 1 aromatic heterocycles. The van der Waals surface area contributed by atoms with E-state index in [1.807, 2.05) is 24.3 Å². The first kappa shape index (κ1) is 14.7. The van der Waals surface area contributed by atoms with Crippen LogP contribution in [-0.2, 0) is 0 Å². The SMILES string of the molecule is O=[N+]([O-])c1cc(Cl)ccc1-c1nc(-c2cccc(Br)c2)no1. The standard InChI is InChI=1S/C14H7BrClN3O3/c15-9-3-1-2-8(6-9)13-17-14(22-18-13)11-5-4-10(16)7-12(11)19(20)21/h1-7H. The van der Waals surface area contributed by atoms with Crippen LogP contribution in [0.2, 0.25) is 5.02 Å². The molecule has 22 heavy (non-hydrogen) atoms. The number of halogens is 2. The quantitative estimate of drug-likeness (QED) is 0.484. The largest absolute Gasteiger partial charge is 0.333 e. The summed E-state index contributed by atoms with van der Waals surface area (Å²) < 4.78 is 6.02. The summed E-state index contributed by atoms with van der Waals surface area (Å²) in [6.45, 7) is 0. The summed E-state index contributed by atoms with van der Waals surface area (Å²) in [5.74, 6) is 0.416. The number of rotatable bonds is 3. The molecule has 6 nitrogen and oxygen atoms in total. The van der Waals surface area contributed by atoms with Crippen LogP contribution in [0.25, 0.3) is 22.8 Å². The fourth-order valence-electron chi connectivity index (χ4n) is 1.91. The summed E-state index contributed by atoms with van der Waals surface area (Å²) in [6.07, 6.45) is 0. The Morgan fingerprint density at radius 3 is 2.77 bits per heavy atom. The van der Waals surface area contributed by atoms with Gasteiger partial charge in [-0.2, -0.15) is 4.98 Å². The van der Waals surface area contributed by atoms with Crippen LogP contribution in [0.3, 0.4) is 0 Å². The molecule has 0 radical (unpaired) electrons. The van der Waals surface area contributed by atoms with Crippen LogP contribution in [0.5, 0.6) is 0 Å². The number of hydrogen-bond acceptors (Lipinski definition) is 5. The Kier molecular flexibility index (Phi) is 3.91. The second-order valence-corrected chi connectivity index (χ2v) is 5.70.